The van der Waals surface area contributed by atoms with Crippen LogP contribution >= 0.6 is 11.8 Å². The van der Waals surface area contributed by atoms with Crippen LogP contribution in [0.3, 0.4) is 0 Å². The second-order valence-corrected chi connectivity index (χ2v) is 9.97. The summed E-state index contributed by atoms with van der Waals surface area (Å²) in [5, 5.41) is 10.1. The average molecular weight is 430 g/mol. The third kappa shape index (κ3) is 3.77. The summed E-state index contributed by atoms with van der Waals surface area (Å²) in [6, 6.07) is 18.5. The molecular weight excluding hydrogens is 402 g/mol. The standard InChI is InChI=1S/C26H27N3OS/c1-16-5-9-18(10-6-16)29-21-13-26(2,3)14-22(30)24(21)23(20(15-27)25(29)28)17-7-11-19(31-4)12-8-17/h5-12,23H,13-14,28H2,1-4H3/t23-/m1/s1. The van der Waals surface area contributed by atoms with E-state index in [1.807, 2.05) is 66.6 Å². The van der Waals surface area contributed by atoms with E-state index >= 15 is 0 Å². The van der Waals surface area contributed by atoms with Crippen LogP contribution in [0.1, 0.15) is 43.7 Å². The maximum atomic E-state index is 13.5. The number of nitrogens with zero attached hydrogens (tertiary/aromatic N) is 2. The number of rotatable bonds is 3. The molecule has 0 saturated carbocycles. The van der Waals surface area contributed by atoms with Crippen molar-refractivity contribution < 1.29 is 4.79 Å². The van der Waals surface area contributed by atoms with Crippen molar-refractivity contribution in [2.75, 3.05) is 11.2 Å². The van der Waals surface area contributed by atoms with Gasteiger partial charge in [0, 0.05) is 28.3 Å². The van der Waals surface area contributed by atoms with Crippen LogP contribution in [0.4, 0.5) is 5.69 Å². The summed E-state index contributed by atoms with van der Waals surface area (Å²) in [7, 11) is 0. The molecule has 0 radical (unpaired) electrons. The monoisotopic (exact) mass is 429 g/mol. The molecule has 5 heteroatoms. The topological polar surface area (TPSA) is 70.1 Å². The van der Waals surface area contributed by atoms with E-state index in [0.717, 1.165) is 33.8 Å². The predicted octanol–water partition coefficient (Wildman–Crippen LogP) is 5.66. The molecule has 0 amide bonds. The van der Waals surface area contributed by atoms with Crippen molar-refractivity contribution in [1.29, 1.82) is 5.26 Å². The Morgan fingerprint density at radius 1 is 1.10 bits per heavy atom. The van der Waals surface area contributed by atoms with E-state index < -0.39 is 5.92 Å². The number of benzene rings is 2. The second-order valence-electron chi connectivity index (χ2n) is 9.09. The summed E-state index contributed by atoms with van der Waals surface area (Å²) in [5.41, 5.74) is 11.5. The van der Waals surface area contributed by atoms with Crippen molar-refractivity contribution in [2.24, 2.45) is 11.1 Å². The summed E-state index contributed by atoms with van der Waals surface area (Å²) >= 11 is 1.66. The Labute approximate surface area is 188 Å². The van der Waals surface area contributed by atoms with Crippen LogP contribution in [-0.4, -0.2) is 12.0 Å². The van der Waals surface area contributed by atoms with E-state index in [0.29, 0.717) is 23.4 Å². The number of carbonyl (C=O) groups excluding carboxylic acids is 1. The first-order chi connectivity index (χ1) is 14.8. The largest absolute Gasteiger partial charge is 0.384 e. The van der Waals surface area contributed by atoms with Gasteiger partial charge in [-0.3, -0.25) is 9.69 Å². The Kier molecular flexibility index (Phi) is 5.45. The first kappa shape index (κ1) is 21.3. The van der Waals surface area contributed by atoms with Gasteiger partial charge in [-0.25, -0.2) is 0 Å². The molecule has 1 heterocycles. The van der Waals surface area contributed by atoms with Gasteiger partial charge in [-0.1, -0.05) is 43.7 Å². The number of thioether (sulfide) groups is 1. The first-order valence-electron chi connectivity index (χ1n) is 10.4. The number of allylic oxidation sites excluding steroid dienone is 3. The molecule has 1 atom stereocenters. The van der Waals surface area contributed by atoms with Gasteiger partial charge in [0.05, 0.1) is 17.6 Å². The maximum absolute atomic E-state index is 13.5. The van der Waals surface area contributed by atoms with Gasteiger partial charge in [0.15, 0.2) is 5.78 Å². The zero-order chi connectivity index (χ0) is 22.3. The first-order valence-corrected chi connectivity index (χ1v) is 11.6. The molecule has 4 nitrogen and oxygen atoms in total. The van der Waals surface area contributed by atoms with Crippen LogP contribution in [-0.2, 0) is 4.79 Å². The Balaban J connectivity index is 1.96. The van der Waals surface area contributed by atoms with Crippen molar-refractivity contribution in [2.45, 2.75) is 44.4 Å². The van der Waals surface area contributed by atoms with Crippen molar-refractivity contribution in [3.8, 4) is 6.07 Å². The Hall–Kier alpha value is -2.97. The Morgan fingerprint density at radius 3 is 2.32 bits per heavy atom. The summed E-state index contributed by atoms with van der Waals surface area (Å²) in [5.74, 6) is 0.0818. The number of hydrogen-bond donors (Lipinski definition) is 1. The molecule has 0 aromatic heterocycles. The minimum atomic E-state index is -0.429. The van der Waals surface area contributed by atoms with Gasteiger partial charge in [0.2, 0.25) is 0 Å². The van der Waals surface area contributed by atoms with E-state index in [1.165, 1.54) is 0 Å². The highest BCUT2D eigenvalue weighted by atomic mass is 32.2. The summed E-state index contributed by atoms with van der Waals surface area (Å²) in [6.07, 6.45) is 3.22. The number of Topliss-reactive ketones (excluding diaryl/α,β-unsaturated/α-hetero) is 1. The normalized spacial score (nSPS) is 20.5. The molecule has 31 heavy (non-hydrogen) atoms. The van der Waals surface area contributed by atoms with Gasteiger partial charge in [0.1, 0.15) is 5.82 Å². The van der Waals surface area contributed by atoms with Crippen LogP contribution < -0.4 is 10.6 Å². The molecule has 2 aromatic carbocycles. The number of nitrogens with two attached hydrogens (primary N) is 1. The fourth-order valence-electron chi connectivity index (χ4n) is 4.63. The summed E-state index contributed by atoms with van der Waals surface area (Å²) < 4.78 is 0. The van der Waals surface area contributed by atoms with Crippen molar-refractivity contribution in [1.82, 2.24) is 0 Å². The molecule has 2 N–H and O–H groups in total. The number of carbonyl (C=O) groups is 1. The highest BCUT2D eigenvalue weighted by Gasteiger charge is 2.44. The zero-order valence-corrected chi connectivity index (χ0v) is 19.2. The van der Waals surface area contributed by atoms with Gasteiger partial charge in [-0.15, -0.1) is 11.8 Å². The van der Waals surface area contributed by atoms with Gasteiger partial charge >= 0.3 is 0 Å². The lowest BCUT2D eigenvalue weighted by Crippen LogP contribution is -2.42. The second kappa shape index (κ2) is 7.94. The lowest BCUT2D eigenvalue weighted by molar-refractivity contribution is -0.118. The smallest absolute Gasteiger partial charge is 0.162 e. The molecule has 1 aliphatic heterocycles. The van der Waals surface area contributed by atoms with Crippen molar-refractivity contribution in [3.05, 3.63) is 82.3 Å². The molecule has 4 rings (SSSR count). The van der Waals surface area contributed by atoms with Crippen LogP contribution in [0, 0.1) is 23.7 Å². The van der Waals surface area contributed by atoms with Gasteiger partial charge in [0.25, 0.3) is 0 Å². The minimum absolute atomic E-state index is 0.0996. The van der Waals surface area contributed by atoms with E-state index in [2.05, 4.69) is 19.9 Å². The number of anilines is 1. The molecule has 1 aliphatic carbocycles. The van der Waals surface area contributed by atoms with E-state index in [1.54, 1.807) is 11.8 Å². The van der Waals surface area contributed by atoms with Gasteiger partial charge in [-0.05, 0) is 54.8 Å². The van der Waals surface area contributed by atoms with Crippen LogP contribution in [0.25, 0.3) is 0 Å². The molecule has 0 spiro atoms. The number of aryl methyl sites for hydroxylation is 1. The number of ketones is 1. The molecule has 2 aromatic rings. The SMILES string of the molecule is CSc1ccc([C@@H]2C(C#N)=C(N)N(c3ccc(C)cc3)C3=C2C(=O)CC(C)(C)C3)cc1. The van der Waals surface area contributed by atoms with E-state index in [-0.39, 0.29) is 11.2 Å². The number of nitriles is 1. The molecule has 0 unspecified atom stereocenters. The Bertz CT molecular complexity index is 1130. The lowest BCUT2D eigenvalue weighted by atomic mass is 9.68. The van der Waals surface area contributed by atoms with Crippen LogP contribution in [0.15, 0.2) is 76.1 Å². The van der Waals surface area contributed by atoms with E-state index in [9.17, 15) is 10.1 Å². The average Bonchev–Trinajstić information content (AvgIpc) is 2.73. The van der Waals surface area contributed by atoms with Crippen LogP contribution in [0.5, 0.6) is 0 Å². The maximum Gasteiger partial charge on any atom is 0.162 e. The molecule has 0 saturated heterocycles. The third-order valence-corrected chi connectivity index (χ3v) is 6.87. The summed E-state index contributed by atoms with van der Waals surface area (Å²) in [6.45, 7) is 6.26. The highest BCUT2D eigenvalue weighted by molar-refractivity contribution is 7.98. The van der Waals surface area contributed by atoms with Crippen molar-refractivity contribution in [3.63, 3.8) is 0 Å². The Morgan fingerprint density at radius 2 is 1.74 bits per heavy atom. The number of hydrogen-bond acceptors (Lipinski definition) is 5. The third-order valence-electron chi connectivity index (χ3n) is 6.12. The van der Waals surface area contributed by atoms with Crippen molar-refractivity contribution >= 4 is 23.2 Å². The minimum Gasteiger partial charge on any atom is -0.384 e. The summed E-state index contributed by atoms with van der Waals surface area (Å²) in [4.78, 5) is 16.6. The highest BCUT2D eigenvalue weighted by Crippen LogP contribution is 2.50. The molecular formula is C26H27N3OS. The quantitative estimate of drug-likeness (QED) is 0.638. The predicted molar refractivity (Wildman–Crippen MR) is 126 cm³/mol. The fraction of sp³-hybridized carbons (Fsp3) is 0.308. The zero-order valence-electron chi connectivity index (χ0n) is 18.4. The van der Waals surface area contributed by atoms with Gasteiger partial charge in [-0.2, -0.15) is 5.26 Å². The molecule has 158 valence electrons. The molecule has 0 bridgehead atoms. The van der Waals surface area contributed by atoms with Crippen LogP contribution in [0.2, 0.25) is 0 Å². The van der Waals surface area contributed by atoms with Gasteiger partial charge < -0.3 is 5.73 Å². The van der Waals surface area contributed by atoms with E-state index in [4.69, 9.17) is 5.73 Å². The molecule has 0 fully saturated rings. The fourth-order valence-corrected chi connectivity index (χ4v) is 5.04. The molecule has 2 aliphatic rings. The lowest BCUT2D eigenvalue weighted by Gasteiger charge is -2.43.